The summed E-state index contributed by atoms with van der Waals surface area (Å²) in [6, 6.07) is 0. The maximum Gasteiger partial charge on any atom is 0.217 e. The third-order valence-corrected chi connectivity index (χ3v) is 1.52. The summed E-state index contributed by atoms with van der Waals surface area (Å²) >= 11 is 4.77. The molecule has 1 aromatic heterocycles. The molecule has 0 atom stereocenters. The van der Waals surface area contributed by atoms with Gasteiger partial charge in [-0.05, 0) is 18.6 Å². The highest BCUT2D eigenvalue weighted by atomic mass is 32.1. The van der Waals surface area contributed by atoms with Crippen LogP contribution in [0.1, 0.15) is 19.8 Å². The Morgan fingerprint density at radius 1 is 1.55 bits per heavy atom. The van der Waals surface area contributed by atoms with Crippen molar-refractivity contribution >= 4 is 18.2 Å². The van der Waals surface area contributed by atoms with Crippen molar-refractivity contribution in [2.24, 2.45) is 0 Å². The number of rotatable bonds is 4. The molecule has 1 rings (SSSR count). The number of hydrogen-bond donors (Lipinski definition) is 3. The molecule has 0 aliphatic heterocycles. The first-order valence-electron chi connectivity index (χ1n) is 3.71. The molecule has 0 radical (unpaired) electrons. The number of anilines is 1. The Bertz CT molecular complexity index is 251. The van der Waals surface area contributed by atoms with E-state index in [4.69, 9.17) is 12.2 Å². The van der Waals surface area contributed by atoms with E-state index in [1.165, 1.54) is 6.42 Å². The van der Waals surface area contributed by atoms with Gasteiger partial charge in [0, 0.05) is 6.54 Å². The number of hydrogen-bond acceptors (Lipinski definition) is 3. The van der Waals surface area contributed by atoms with Crippen molar-refractivity contribution < 1.29 is 0 Å². The van der Waals surface area contributed by atoms with Crippen molar-refractivity contribution in [1.82, 2.24) is 15.2 Å². The molecule has 0 unspecified atom stereocenters. The second-order valence-electron chi connectivity index (χ2n) is 2.30. The third-order valence-electron chi connectivity index (χ3n) is 1.32. The van der Waals surface area contributed by atoms with Crippen LogP contribution in [0.3, 0.4) is 0 Å². The molecule has 0 spiro atoms. The molecule has 0 saturated heterocycles. The van der Waals surface area contributed by atoms with E-state index in [1.807, 2.05) is 0 Å². The monoisotopic (exact) mass is 172 g/mol. The van der Waals surface area contributed by atoms with Gasteiger partial charge in [-0.25, -0.2) is 0 Å². The van der Waals surface area contributed by atoms with E-state index in [9.17, 15) is 0 Å². The summed E-state index contributed by atoms with van der Waals surface area (Å²) in [4.78, 5) is 3.98. The zero-order valence-corrected chi connectivity index (χ0v) is 7.29. The van der Waals surface area contributed by atoms with Crippen molar-refractivity contribution in [2.75, 3.05) is 11.9 Å². The van der Waals surface area contributed by atoms with Crippen LogP contribution in [0.2, 0.25) is 0 Å². The number of unbranched alkanes of at least 4 members (excludes halogenated alkanes) is 1. The molecular weight excluding hydrogens is 160 g/mol. The van der Waals surface area contributed by atoms with Gasteiger partial charge in [-0.1, -0.05) is 13.3 Å². The molecule has 5 heteroatoms. The Kier molecular flexibility index (Phi) is 3.10. The lowest BCUT2D eigenvalue weighted by atomic mass is 10.3. The smallest absolute Gasteiger partial charge is 0.217 e. The highest BCUT2D eigenvalue weighted by molar-refractivity contribution is 7.71. The predicted octanol–water partition coefficient (Wildman–Crippen LogP) is 1.68. The highest BCUT2D eigenvalue weighted by Gasteiger charge is 1.91. The summed E-state index contributed by atoms with van der Waals surface area (Å²) in [6.45, 7) is 3.08. The van der Waals surface area contributed by atoms with Crippen molar-refractivity contribution in [2.45, 2.75) is 19.8 Å². The number of nitrogens with one attached hydrogen (secondary N) is 3. The lowest BCUT2D eigenvalue weighted by Gasteiger charge is -1.97. The lowest BCUT2D eigenvalue weighted by molar-refractivity contribution is 0.827. The van der Waals surface area contributed by atoms with Crippen molar-refractivity contribution in [3.8, 4) is 0 Å². The Morgan fingerprint density at radius 2 is 2.36 bits per heavy atom. The average molecular weight is 172 g/mol. The Labute approximate surface area is 70.4 Å². The molecule has 0 amide bonds. The van der Waals surface area contributed by atoms with Crippen LogP contribution < -0.4 is 5.32 Å². The highest BCUT2D eigenvalue weighted by Crippen LogP contribution is 1.95. The lowest BCUT2D eigenvalue weighted by Crippen LogP contribution is -2.01. The molecule has 1 heterocycles. The van der Waals surface area contributed by atoms with Gasteiger partial charge in [-0.15, -0.1) is 0 Å². The second-order valence-corrected chi connectivity index (χ2v) is 2.68. The summed E-state index contributed by atoms with van der Waals surface area (Å²) in [5.41, 5.74) is 0. The van der Waals surface area contributed by atoms with Crippen LogP contribution in [0.4, 0.5) is 5.95 Å². The van der Waals surface area contributed by atoms with E-state index >= 15 is 0 Å². The van der Waals surface area contributed by atoms with Crippen LogP contribution in [-0.2, 0) is 0 Å². The van der Waals surface area contributed by atoms with Gasteiger partial charge >= 0.3 is 0 Å². The first-order valence-corrected chi connectivity index (χ1v) is 4.12. The average Bonchev–Trinajstić information content (AvgIpc) is 2.37. The van der Waals surface area contributed by atoms with Gasteiger partial charge in [0.15, 0.2) is 0 Å². The number of aromatic amines is 2. The molecule has 0 aliphatic carbocycles. The van der Waals surface area contributed by atoms with E-state index in [1.54, 1.807) is 0 Å². The van der Waals surface area contributed by atoms with Crippen LogP contribution in [0.15, 0.2) is 0 Å². The van der Waals surface area contributed by atoms with E-state index in [2.05, 4.69) is 27.4 Å². The van der Waals surface area contributed by atoms with Crippen LogP contribution in [0.25, 0.3) is 0 Å². The first kappa shape index (κ1) is 8.26. The number of aromatic nitrogens is 3. The summed E-state index contributed by atoms with van der Waals surface area (Å²) in [6.07, 6.45) is 2.33. The van der Waals surface area contributed by atoms with E-state index in [0.29, 0.717) is 4.77 Å². The van der Waals surface area contributed by atoms with E-state index in [0.717, 1.165) is 18.9 Å². The van der Waals surface area contributed by atoms with Gasteiger partial charge in [0.1, 0.15) is 0 Å². The second kappa shape index (κ2) is 4.12. The maximum absolute atomic E-state index is 4.77. The van der Waals surface area contributed by atoms with Crippen LogP contribution in [-0.4, -0.2) is 21.7 Å². The van der Waals surface area contributed by atoms with Gasteiger partial charge in [0.25, 0.3) is 0 Å². The minimum absolute atomic E-state index is 0.490. The SMILES string of the molecule is CCCCNc1nc(=S)[nH][nH]1. The predicted molar refractivity (Wildman–Crippen MR) is 47.2 cm³/mol. The molecule has 3 N–H and O–H groups in total. The van der Waals surface area contributed by atoms with Gasteiger partial charge < -0.3 is 5.32 Å². The molecule has 1 aromatic rings. The fourth-order valence-electron chi connectivity index (χ4n) is 0.737. The normalized spacial score (nSPS) is 9.91. The molecule has 0 fully saturated rings. The van der Waals surface area contributed by atoms with Gasteiger partial charge in [0.2, 0.25) is 10.7 Å². The largest absolute Gasteiger partial charge is 0.355 e. The molecule has 0 aliphatic rings. The zero-order valence-electron chi connectivity index (χ0n) is 6.48. The Hall–Kier alpha value is -0.840. The first-order chi connectivity index (χ1) is 5.33. The van der Waals surface area contributed by atoms with Gasteiger partial charge in [-0.2, -0.15) is 4.98 Å². The quantitative estimate of drug-likeness (QED) is 0.478. The standard InChI is InChI=1S/C6H12N4S/c1-2-3-4-7-5-8-6(11)10-9-5/h2-4H2,1H3,(H3,7,8,9,10,11). The molecule has 0 bridgehead atoms. The summed E-state index contributed by atoms with van der Waals surface area (Å²) < 4.78 is 0.490. The molecule has 11 heavy (non-hydrogen) atoms. The Balaban J connectivity index is 2.33. The van der Waals surface area contributed by atoms with Crippen LogP contribution >= 0.6 is 12.2 Å². The molecular formula is C6H12N4S. The fourth-order valence-corrected chi connectivity index (χ4v) is 0.880. The number of nitrogens with zero attached hydrogens (tertiary/aromatic N) is 1. The Morgan fingerprint density at radius 3 is 2.91 bits per heavy atom. The van der Waals surface area contributed by atoms with Gasteiger partial charge in [0.05, 0.1) is 0 Å². The fraction of sp³-hybridized carbons (Fsp3) is 0.667. The maximum atomic E-state index is 4.77. The zero-order chi connectivity index (χ0) is 8.10. The van der Waals surface area contributed by atoms with Crippen molar-refractivity contribution in [1.29, 1.82) is 0 Å². The minimum atomic E-state index is 0.490. The molecule has 62 valence electrons. The van der Waals surface area contributed by atoms with Crippen LogP contribution in [0, 0.1) is 4.77 Å². The molecule has 0 aromatic carbocycles. The van der Waals surface area contributed by atoms with Crippen molar-refractivity contribution in [3.63, 3.8) is 0 Å². The van der Waals surface area contributed by atoms with Gasteiger partial charge in [-0.3, -0.25) is 10.2 Å². The summed E-state index contributed by atoms with van der Waals surface area (Å²) in [5, 5.41) is 8.63. The van der Waals surface area contributed by atoms with Crippen molar-refractivity contribution in [3.05, 3.63) is 4.77 Å². The van der Waals surface area contributed by atoms with E-state index < -0.39 is 0 Å². The molecule has 4 nitrogen and oxygen atoms in total. The van der Waals surface area contributed by atoms with Crippen LogP contribution in [0.5, 0.6) is 0 Å². The minimum Gasteiger partial charge on any atom is -0.355 e. The van der Waals surface area contributed by atoms with E-state index in [-0.39, 0.29) is 0 Å². The summed E-state index contributed by atoms with van der Waals surface area (Å²) in [7, 11) is 0. The topological polar surface area (TPSA) is 56.5 Å². The number of H-pyrrole nitrogens is 2. The third kappa shape index (κ3) is 2.71. The summed E-state index contributed by atoms with van der Waals surface area (Å²) in [5.74, 6) is 0.725. The molecule has 0 saturated carbocycles.